The zero-order valence-electron chi connectivity index (χ0n) is 14.9. The summed E-state index contributed by atoms with van der Waals surface area (Å²) in [6.07, 6.45) is -4.34. The maximum Gasteiger partial charge on any atom is 0.471 e. The minimum atomic E-state index is -4.69. The van der Waals surface area contributed by atoms with Gasteiger partial charge in [0.15, 0.2) is 0 Å². The first-order valence-corrected chi connectivity index (χ1v) is 8.01. The molecule has 1 unspecified atom stereocenters. The van der Waals surface area contributed by atoms with E-state index < -0.39 is 12.1 Å². The van der Waals surface area contributed by atoms with E-state index in [2.05, 4.69) is 14.7 Å². The fraction of sp³-hybridized carbons (Fsp3) is 0.471. The zero-order chi connectivity index (χ0) is 19.5. The number of benzene rings is 1. The Morgan fingerprint density at radius 1 is 1.23 bits per heavy atom. The predicted octanol–water partition coefficient (Wildman–Crippen LogP) is 4.25. The largest absolute Gasteiger partial charge is 0.471 e. The number of rotatable bonds is 6. The normalized spacial score (nSPS) is 13.1. The van der Waals surface area contributed by atoms with Gasteiger partial charge in [-0.3, -0.25) is 9.63 Å². The van der Waals surface area contributed by atoms with Gasteiger partial charge < -0.3 is 4.52 Å². The second kappa shape index (κ2) is 7.86. The molecule has 9 heteroatoms. The van der Waals surface area contributed by atoms with Gasteiger partial charge in [0.1, 0.15) is 0 Å². The fourth-order valence-corrected chi connectivity index (χ4v) is 2.42. The molecular weight excluding hydrogens is 351 g/mol. The highest BCUT2D eigenvalue weighted by molar-refractivity contribution is 5.75. The third-order valence-corrected chi connectivity index (χ3v) is 3.70. The van der Waals surface area contributed by atoms with Crippen LogP contribution < -0.4 is 0 Å². The molecule has 1 amide bonds. The van der Waals surface area contributed by atoms with Crippen LogP contribution >= 0.6 is 0 Å². The first kappa shape index (κ1) is 19.9. The van der Waals surface area contributed by atoms with Crippen LogP contribution in [0.5, 0.6) is 0 Å². The summed E-state index contributed by atoms with van der Waals surface area (Å²) >= 11 is 0. The Morgan fingerprint density at radius 2 is 1.85 bits per heavy atom. The van der Waals surface area contributed by atoms with Gasteiger partial charge in [0.05, 0.1) is 13.2 Å². The van der Waals surface area contributed by atoms with Crippen LogP contribution in [-0.2, 0) is 15.8 Å². The first-order valence-electron chi connectivity index (χ1n) is 8.01. The highest BCUT2D eigenvalue weighted by Crippen LogP contribution is 2.30. The van der Waals surface area contributed by atoms with E-state index in [9.17, 15) is 18.0 Å². The lowest BCUT2D eigenvalue weighted by molar-refractivity contribution is -0.188. The molecule has 1 heterocycles. The number of amides is 1. The highest BCUT2D eigenvalue weighted by atomic mass is 19.4. The minimum Gasteiger partial charge on any atom is -0.329 e. The van der Waals surface area contributed by atoms with Gasteiger partial charge in [0.2, 0.25) is 11.7 Å². The van der Waals surface area contributed by atoms with Crippen LogP contribution in [0.25, 0.3) is 11.4 Å². The van der Waals surface area contributed by atoms with Crippen LogP contribution in [0.1, 0.15) is 44.7 Å². The number of hydrogen-bond acceptors (Lipinski definition) is 5. The standard InChI is InChI=1S/C17H20F3N3O3/c1-10(2)9-14(24)23(25-4)11(3)12-5-7-13(8-6-12)15-21-16(26-22-15)17(18,19)20/h5-8,10-11H,9H2,1-4H3. The number of carbonyl (C=O) groups is 1. The predicted molar refractivity (Wildman–Crippen MR) is 86.5 cm³/mol. The van der Waals surface area contributed by atoms with Crippen LogP contribution in [0, 0.1) is 5.92 Å². The number of hydroxylamine groups is 2. The summed E-state index contributed by atoms with van der Waals surface area (Å²) in [4.78, 5) is 20.8. The Morgan fingerprint density at radius 3 is 2.31 bits per heavy atom. The van der Waals surface area contributed by atoms with E-state index in [0.717, 1.165) is 5.56 Å². The highest BCUT2D eigenvalue weighted by Gasteiger charge is 2.38. The number of aromatic nitrogens is 2. The molecule has 0 N–H and O–H groups in total. The van der Waals surface area contributed by atoms with Crippen molar-refractivity contribution in [2.75, 3.05) is 7.11 Å². The van der Waals surface area contributed by atoms with Crippen LogP contribution in [0.15, 0.2) is 28.8 Å². The van der Waals surface area contributed by atoms with Gasteiger partial charge in [-0.1, -0.05) is 43.3 Å². The lowest BCUT2D eigenvalue weighted by Crippen LogP contribution is -2.33. The lowest BCUT2D eigenvalue weighted by atomic mass is 10.0. The van der Waals surface area contributed by atoms with Gasteiger partial charge in [0, 0.05) is 12.0 Å². The van der Waals surface area contributed by atoms with Crippen LogP contribution in [-0.4, -0.2) is 28.2 Å². The van der Waals surface area contributed by atoms with E-state index in [4.69, 9.17) is 4.84 Å². The number of hydrogen-bond donors (Lipinski definition) is 0. The average Bonchev–Trinajstić information content (AvgIpc) is 3.05. The van der Waals surface area contributed by atoms with Gasteiger partial charge in [-0.15, -0.1) is 0 Å². The Kier molecular flexibility index (Phi) is 6.01. The van der Waals surface area contributed by atoms with E-state index in [0.29, 0.717) is 12.0 Å². The fourth-order valence-electron chi connectivity index (χ4n) is 2.42. The van der Waals surface area contributed by atoms with Crippen molar-refractivity contribution in [2.45, 2.75) is 39.4 Å². The SMILES string of the molecule is CON(C(=O)CC(C)C)C(C)c1ccc(-c2noc(C(F)(F)F)n2)cc1. The molecule has 6 nitrogen and oxygen atoms in total. The van der Waals surface area contributed by atoms with Crippen molar-refractivity contribution >= 4 is 5.91 Å². The second-order valence-corrected chi connectivity index (χ2v) is 6.22. The van der Waals surface area contributed by atoms with Gasteiger partial charge in [-0.05, 0) is 18.4 Å². The molecule has 0 saturated heterocycles. The van der Waals surface area contributed by atoms with E-state index >= 15 is 0 Å². The Labute approximate surface area is 148 Å². The number of halogens is 3. The van der Waals surface area contributed by atoms with Gasteiger partial charge in [0.25, 0.3) is 0 Å². The second-order valence-electron chi connectivity index (χ2n) is 6.22. The molecule has 26 heavy (non-hydrogen) atoms. The summed E-state index contributed by atoms with van der Waals surface area (Å²) in [5.74, 6) is -1.51. The lowest BCUT2D eigenvalue weighted by Gasteiger charge is -2.27. The van der Waals surface area contributed by atoms with Crippen molar-refractivity contribution in [3.8, 4) is 11.4 Å². The van der Waals surface area contributed by atoms with Crippen LogP contribution in [0.4, 0.5) is 13.2 Å². The summed E-state index contributed by atoms with van der Waals surface area (Å²) in [6, 6.07) is 6.13. The van der Waals surface area contributed by atoms with Crippen molar-refractivity contribution in [3.05, 3.63) is 35.7 Å². The molecule has 2 rings (SSSR count). The molecule has 0 aliphatic heterocycles. The topological polar surface area (TPSA) is 68.5 Å². The van der Waals surface area contributed by atoms with E-state index in [1.54, 1.807) is 31.2 Å². The molecule has 0 spiro atoms. The molecule has 2 aromatic rings. The molecule has 0 fully saturated rings. The molecule has 0 radical (unpaired) electrons. The number of carbonyl (C=O) groups excluding carboxylic acids is 1. The summed E-state index contributed by atoms with van der Waals surface area (Å²) in [6.45, 7) is 5.67. The first-order chi connectivity index (χ1) is 12.1. The molecule has 0 aliphatic rings. The Bertz CT molecular complexity index is 742. The van der Waals surface area contributed by atoms with Crippen LogP contribution in [0.2, 0.25) is 0 Å². The molecule has 1 atom stereocenters. The van der Waals surface area contributed by atoms with E-state index in [1.165, 1.54) is 12.2 Å². The quantitative estimate of drug-likeness (QED) is 0.710. The monoisotopic (exact) mass is 371 g/mol. The van der Waals surface area contributed by atoms with Gasteiger partial charge >= 0.3 is 12.1 Å². The molecule has 0 aliphatic carbocycles. The summed E-state index contributed by atoms with van der Waals surface area (Å²) in [7, 11) is 1.42. The molecular formula is C17H20F3N3O3. The van der Waals surface area contributed by atoms with Gasteiger partial charge in [-0.25, -0.2) is 5.06 Å². The van der Waals surface area contributed by atoms with Crippen LogP contribution in [0.3, 0.4) is 0 Å². The van der Waals surface area contributed by atoms with E-state index in [-0.39, 0.29) is 23.7 Å². The molecule has 1 aromatic heterocycles. The summed E-state index contributed by atoms with van der Waals surface area (Å²) in [5.41, 5.74) is 1.13. The molecule has 142 valence electrons. The van der Waals surface area contributed by atoms with Crippen molar-refractivity contribution in [1.82, 2.24) is 15.2 Å². The Balaban J connectivity index is 2.17. The minimum absolute atomic E-state index is 0.146. The Hall–Kier alpha value is -2.42. The van der Waals surface area contributed by atoms with Crippen molar-refractivity contribution in [1.29, 1.82) is 0 Å². The average molecular weight is 371 g/mol. The van der Waals surface area contributed by atoms with Gasteiger partial charge in [-0.2, -0.15) is 18.2 Å². The summed E-state index contributed by atoms with van der Waals surface area (Å²) < 4.78 is 41.8. The third-order valence-electron chi connectivity index (χ3n) is 3.70. The molecule has 1 aromatic carbocycles. The smallest absolute Gasteiger partial charge is 0.329 e. The summed E-state index contributed by atoms with van der Waals surface area (Å²) in [5, 5.41) is 4.63. The molecule has 0 bridgehead atoms. The van der Waals surface area contributed by atoms with Crippen molar-refractivity contribution in [2.24, 2.45) is 5.92 Å². The van der Waals surface area contributed by atoms with Crippen molar-refractivity contribution in [3.63, 3.8) is 0 Å². The van der Waals surface area contributed by atoms with E-state index in [1.807, 2.05) is 13.8 Å². The maximum atomic E-state index is 12.5. The number of nitrogens with zero attached hydrogens (tertiary/aromatic N) is 3. The molecule has 0 saturated carbocycles. The van der Waals surface area contributed by atoms with Crippen molar-refractivity contribution < 1.29 is 27.3 Å². The zero-order valence-corrected chi connectivity index (χ0v) is 14.9. The third kappa shape index (κ3) is 4.60. The number of alkyl halides is 3. The maximum absolute atomic E-state index is 12.5.